The first-order valence-corrected chi connectivity index (χ1v) is 6.39. The van der Waals surface area contributed by atoms with Crippen molar-refractivity contribution in [1.29, 1.82) is 5.26 Å². The molecule has 1 aromatic carbocycles. The number of ketones is 1. The highest BCUT2D eigenvalue weighted by Gasteiger charge is 2.24. The molecule has 0 radical (unpaired) electrons. The summed E-state index contributed by atoms with van der Waals surface area (Å²) in [5.74, 6) is -0.402. The smallest absolute Gasteiger partial charge is 0.179 e. The van der Waals surface area contributed by atoms with E-state index in [1.165, 1.54) is 24.3 Å². The maximum atomic E-state index is 12.8. The topological polar surface area (TPSA) is 44.1 Å². The second-order valence-electron chi connectivity index (χ2n) is 4.79. The van der Waals surface area contributed by atoms with Crippen LogP contribution in [0.4, 0.5) is 4.39 Å². The number of Topliss-reactive ketones (excluding diaryl/α,β-unsaturated/α-hetero) is 1. The van der Waals surface area contributed by atoms with Crippen molar-refractivity contribution in [3.63, 3.8) is 0 Å². The van der Waals surface area contributed by atoms with Crippen LogP contribution in [0, 0.1) is 17.1 Å². The third-order valence-electron chi connectivity index (χ3n) is 3.15. The van der Waals surface area contributed by atoms with Gasteiger partial charge in [-0.2, -0.15) is 5.26 Å². The number of rotatable bonds is 6. The summed E-state index contributed by atoms with van der Waals surface area (Å²) in [6, 6.07) is 7.51. The Balaban J connectivity index is 2.84. The Hall–Kier alpha value is -1.73. The van der Waals surface area contributed by atoms with Crippen molar-refractivity contribution in [3.05, 3.63) is 35.6 Å². The lowest BCUT2D eigenvalue weighted by Crippen LogP contribution is -2.43. The first kappa shape index (κ1) is 15.3. The maximum Gasteiger partial charge on any atom is 0.179 e. The molecule has 0 aromatic heterocycles. The van der Waals surface area contributed by atoms with E-state index in [1.54, 1.807) is 0 Å². The van der Waals surface area contributed by atoms with Gasteiger partial charge in [0.25, 0.3) is 0 Å². The van der Waals surface area contributed by atoms with Crippen molar-refractivity contribution in [3.8, 4) is 6.07 Å². The molecule has 0 amide bonds. The van der Waals surface area contributed by atoms with Gasteiger partial charge in [-0.15, -0.1) is 0 Å². The van der Waals surface area contributed by atoms with E-state index < -0.39 is 0 Å². The van der Waals surface area contributed by atoms with E-state index in [-0.39, 0.29) is 23.7 Å². The highest BCUT2D eigenvalue weighted by Crippen LogP contribution is 2.13. The Labute approximate surface area is 113 Å². The van der Waals surface area contributed by atoms with Gasteiger partial charge in [0.2, 0.25) is 0 Å². The van der Waals surface area contributed by atoms with Gasteiger partial charge < -0.3 is 0 Å². The minimum atomic E-state index is -0.352. The zero-order valence-corrected chi connectivity index (χ0v) is 11.6. The summed E-state index contributed by atoms with van der Waals surface area (Å²) in [7, 11) is 0. The van der Waals surface area contributed by atoms with Crippen LogP contribution in [0.1, 0.15) is 37.6 Å². The second kappa shape index (κ2) is 7.01. The van der Waals surface area contributed by atoms with E-state index in [0.717, 1.165) is 0 Å². The van der Waals surface area contributed by atoms with E-state index in [9.17, 15) is 9.18 Å². The minimum Gasteiger partial charge on any atom is -0.292 e. The van der Waals surface area contributed by atoms with Gasteiger partial charge in [-0.25, -0.2) is 4.39 Å². The van der Waals surface area contributed by atoms with Crippen LogP contribution in [0.5, 0.6) is 0 Å². The van der Waals surface area contributed by atoms with Crippen molar-refractivity contribution in [2.24, 2.45) is 0 Å². The average molecular weight is 262 g/mol. The fourth-order valence-electron chi connectivity index (χ4n) is 2.08. The van der Waals surface area contributed by atoms with Crippen molar-refractivity contribution < 1.29 is 9.18 Å². The summed E-state index contributed by atoms with van der Waals surface area (Å²) in [5.41, 5.74) is 0.497. The van der Waals surface area contributed by atoms with E-state index >= 15 is 0 Å². The molecule has 0 aliphatic rings. The molecule has 102 valence electrons. The fourth-order valence-corrected chi connectivity index (χ4v) is 2.08. The SMILES string of the molecule is CC(C)N(CCC#N)C(C)C(=O)c1ccc(F)cc1. The normalized spacial score (nSPS) is 12.5. The molecule has 0 heterocycles. The molecule has 19 heavy (non-hydrogen) atoms. The first-order valence-electron chi connectivity index (χ1n) is 6.39. The van der Waals surface area contributed by atoms with Crippen molar-refractivity contribution in [2.75, 3.05) is 6.54 Å². The Morgan fingerprint density at radius 3 is 2.37 bits per heavy atom. The molecular weight excluding hydrogens is 243 g/mol. The van der Waals surface area contributed by atoms with Crippen LogP contribution in [-0.4, -0.2) is 29.3 Å². The molecule has 1 atom stereocenters. The van der Waals surface area contributed by atoms with Crippen LogP contribution in [0.2, 0.25) is 0 Å². The number of benzene rings is 1. The number of carbonyl (C=O) groups is 1. The number of carbonyl (C=O) groups excluding carboxylic acids is 1. The van der Waals surface area contributed by atoms with Crippen LogP contribution in [-0.2, 0) is 0 Å². The van der Waals surface area contributed by atoms with Gasteiger partial charge in [-0.05, 0) is 45.0 Å². The van der Waals surface area contributed by atoms with E-state index in [2.05, 4.69) is 6.07 Å². The summed E-state index contributed by atoms with van der Waals surface area (Å²) in [5, 5.41) is 8.66. The fraction of sp³-hybridized carbons (Fsp3) is 0.467. The lowest BCUT2D eigenvalue weighted by molar-refractivity contribution is 0.0793. The highest BCUT2D eigenvalue weighted by molar-refractivity contribution is 5.99. The first-order chi connectivity index (χ1) is 8.97. The van der Waals surface area contributed by atoms with Gasteiger partial charge in [0, 0.05) is 24.6 Å². The number of hydrogen-bond acceptors (Lipinski definition) is 3. The van der Waals surface area contributed by atoms with Crippen LogP contribution in [0.3, 0.4) is 0 Å². The molecule has 3 nitrogen and oxygen atoms in total. The minimum absolute atomic E-state index is 0.0494. The molecule has 0 saturated heterocycles. The molecular formula is C15H19FN2O. The van der Waals surface area contributed by atoms with Crippen LogP contribution >= 0.6 is 0 Å². The van der Waals surface area contributed by atoms with E-state index in [1.807, 2.05) is 25.7 Å². The van der Waals surface area contributed by atoms with Crippen molar-refractivity contribution in [1.82, 2.24) is 4.90 Å². The molecule has 1 aromatic rings. The van der Waals surface area contributed by atoms with Crippen LogP contribution < -0.4 is 0 Å². The zero-order chi connectivity index (χ0) is 14.4. The lowest BCUT2D eigenvalue weighted by atomic mass is 10.0. The number of hydrogen-bond donors (Lipinski definition) is 0. The molecule has 0 bridgehead atoms. The molecule has 0 N–H and O–H groups in total. The van der Waals surface area contributed by atoms with Crippen LogP contribution in [0.15, 0.2) is 24.3 Å². The molecule has 0 saturated carbocycles. The van der Waals surface area contributed by atoms with Gasteiger partial charge in [0.15, 0.2) is 5.78 Å². The predicted molar refractivity (Wildman–Crippen MR) is 72.3 cm³/mol. The summed E-state index contributed by atoms with van der Waals surface area (Å²) < 4.78 is 12.8. The molecule has 0 aliphatic carbocycles. The third kappa shape index (κ3) is 4.15. The number of nitriles is 1. The largest absolute Gasteiger partial charge is 0.292 e. The maximum absolute atomic E-state index is 12.8. The summed E-state index contributed by atoms with van der Waals surface area (Å²) in [6.45, 7) is 6.36. The van der Waals surface area contributed by atoms with Gasteiger partial charge in [0.05, 0.1) is 12.1 Å². The number of halogens is 1. The zero-order valence-electron chi connectivity index (χ0n) is 11.6. The van der Waals surface area contributed by atoms with Crippen molar-refractivity contribution >= 4 is 5.78 Å². The Morgan fingerprint density at radius 2 is 1.89 bits per heavy atom. The Kier molecular flexibility index (Phi) is 5.65. The van der Waals surface area contributed by atoms with Gasteiger partial charge in [-0.1, -0.05) is 0 Å². The second-order valence-corrected chi connectivity index (χ2v) is 4.79. The lowest BCUT2D eigenvalue weighted by Gasteiger charge is -2.31. The highest BCUT2D eigenvalue weighted by atomic mass is 19.1. The predicted octanol–water partition coefficient (Wildman–Crippen LogP) is 3.02. The number of nitrogens with zero attached hydrogens (tertiary/aromatic N) is 2. The third-order valence-corrected chi connectivity index (χ3v) is 3.15. The average Bonchev–Trinajstić information content (AvgIpc) is 2.38. The van der Waals surface area contributed by atoms with Gasteiger partial charge in [-0.3, -0.25) is 9.69 Å². The Morgan fingerprint density at radius 1 is 1.32 bits per heavy atom. The standard InChI is InChI=1S/C15H19FN2O/c1-11(2)18(10-4-9-17)12(3)15(19)13-5-7-14(16)8-6-13/h5-8,11-12H,4,10H2,1-3H3. The van der Waals surface area contributed by atoms with E-state index in [4.69, 9.17) is 5.26 Å². The Bertz CT molecular complexity index is 462. The quantitative estimate of drug-likeness (QED) is 0.740. The monoisotopic (exact) mass is 262 g/mol. The summed E-state index contributed by atoms with van der Waals surface area (Å²) >= 11 is 0. The molecule has 0 spiro atoms. The summed E-state index contributed by atoms with van der Waals surface area (Å²) in [6.07, 6.45) is 0.388. The van der Waals surface area contributed by atoms with Gasteiger partial charge in [0.1, 0.15) is 5.82 Å². The summed E-state index contributed by atoms with van der Waals surface area (Å²) in [4.78, 5) is 14.3. The van der Waals surface area contributed by atoms with Crippen LogP contribution in [0.25, 0.3) is 0 Å². The van der Waals surface area contributed by atoms with Gasteiger partial charge >= 0.3 is 0 Å². The molecule has 0 aliphatic heterocycles. The van der Waals surface area contributed by atoms with Crippen molar-refractivity contribution in [2.45, 2.75) is 39.3 Å². The molecule has 0 fully saturated rings. The molecule has 4 heteroatoms. The van der Waals surface area contributed by atoms with E-state index in [0.29, 0.717) is 18.5 Å². The molecule has 1 rings (SSSR count). The molecule has 1 unspecified atom stereocenters.